The number of esters is 1. The molecule has 13 nitrogen and oxygen atoms in total. The number of hydrogen-bond acceptors (Lipinski definition) is 12. The van der Waals surface area contributed by atoms with Crippen LogP contribution in [0.5, 0.6) is 0 Å². The predicted molar refractivity (Wildman–Crippen MR) is 102 cm³/mol. The van der Waals surface area contributed by atoms with Gasteiger partial charge >= 0.3 is 31.8 Å². The number of ether oxygens (including phenoxy) is 5. The normalized spacial score (nSPS) is 12.2. The molecule has 0 bridgehead atoms. The van der Waals surface area contributed by atoms with Gasteiger partial charge in [0.15, 0.2) is 0 Å². The first-order valence-electron chi connectivity index (χ1n) is 9.23. The van der Waals surface area contributed by atoms with Crippen LogP contribution in [0.2, 0.25) is 0 Å². The predicted octanol–water partition coefficient (Wildman–Crippen LogP) is 2.90. The number of carboxylic acids is 1. The second-order valence-corrected chi connectivity index (χ2v) is 8.67. The molecule has 1 atom stereocenters. The van der Waals surface area contributed by atoms with E-state index in [1.807, 2.05) is 0 Å². The van der Waals surface area contributed by atoms with Gasteiger partial charge in [0.2, 0.25) is 13.6 Å². The molecule has 0 aromatic heterocycles. The van der Waals surface area contributed by atoms with Crippen molar-refractivity contribution in [3.8, 4) is 0 Å². The van der Waals surface area contributed by atoms with Crippen LogP contribution in [0.25, 0.3) is 0 Å². The Morgan fingerprint density at radius 1 is 0.871 bits per heavy atom. The van der Waals surface area contributed by atoms with E-state index in [1.54, 1.807) is 27.7 Å². The summed E-state index contributed by atoms with van der Waals surface area (Å²) in [4.78, 5) is 45.6. The summed E-state index contributed by atoms with van der Waals surface area (Å²) in [6, 6.07) is 0. The number of carbonyl (C=O) groups excluding carboxylic acids is 3. The summed E-state index contributed by atoms with van der Waals surface area (Å²) in [5.41, 5.74) is 0. The Bertz CT molecular complexity index is 614. The minimum absolute atomic E-state index is 0.231. The van der Waals surface area contributed by atoms with E-state index in [4.69, 9.17) is 23.6 Å². The first kappa shape index (κ1) is 28.6. The summed E-state index contributed by atoms with van der Waals surface area (Å²) in [5, 5.41) is 8.84. The van der Waals surface area contributed by atoms with Crippen LogP contribution in [-0.4, -0.2) is 68.4 Å². The number of hydrogen-bond donors (Lipinski definition) is 1. The Hall–Kier alpha value is -2.37. The van der Waals surface area contributed by atoms with E-state index < -0.39 is 76.1 Å². The lowest BCUT2D eigenvalue weighted by Crippen LogP contribution is -2.24. The third-order valence-electron chi connectivity index (χ3n) is 3.20. The molecule has 0 aromatic rings. The van der Waals surface area contributed by atoms with Crippen molar-refractivity contribution in [2.24, 2.45) is 5.92 Å². The van der Waals surface area contributed by atoms with Crippen molar-refractivity contribution >= 4 is 31.8 Å². The van der Waals surface area contributed by atoms with Crippen molar-refractivity contribution < 1.29 is 61.6 Å². The lowest BCUT2D eigenvalue weighted by Gasteiger charge is -2.22. The van der Waals surface area contributed by atoms with Gasteiger partial charge in [-0.15, -0.1) is 0 Å². The van der Waals surface area contributed by atoms with E-state index in [-0.39, 0.29) is 6.42 Å². The Morgan fingerprint density at radius 2 is 1.32 bits per heavy atom. The summed E-state index contributed by atoms with van der Waals surface area (Å²) in [6.45, 7) is 4.57. The molecule has 0 aliphatic carbocycles. The maximum Gasteiger partial charge on any atom is 0.510 e. The molecule has 0 spiro atoms. The van der Waals surface area contributed by atoms with Crippen molar-refractivity contribution in [2.45, 2.75) is 52.7 Å². The first-order chi connectivity index (χ1) is 14.4. The minimum atomic E-state index is -4.24. The van der Waals surface area contributed by atoms with Crippen LogP contribution in [0.3, 0.4) is 0 Å². The van der Waals surface area contributed by atoms with E-state index in [2.05, 4.69) is 14.2 Å². The summed E-state index contributed by atoms with van der Waals surface area (Å²) < 4.78 is 46.3. The number of carbonyl (C=O) groups is 4. The fraction of sp³-hybridized carbons (Fsp3) is 0.765. The van der Waals surface area contributed by atoms with Crippen LogP contribution in [0.1, 0.15) is 40.5 Å². The van der Waals surface area contributed by atoms with Crippen LogP contribution in [0.15, 0.2) is 0 Å². The average Bonchev–Trinajstić information content (AvgIpc) is 2.63. The topological polar surface area (TPSA) is 170 Å². The summed E-state index contributed by atoms with van der Waals surface area (Å²) in [5.74, 6) is -3.23. The van der Waals surface area contributed by atoms with Gasteiger partial charge in [-0.05, 0) is 34.1 Å². The molecule has 0 saturated carbocycles. The van der Waals surface area contributed by atoms with Gasteiger partial charge in [-0.2, -0.15) is 0 Å². The molecule has 0 radical (unpaired) electrons. The van der Waals surface area contributed by atoms with Gasteiger partial charge in [0.25, 0.3) is 0 Å². The molecule has 0 aliphatic rings. The SMILES string of the molecule is COC(=O)C(CCC(=O)O)CP(=O)(OCOC(=O)OC(C)C)OCOC(=O)OC(C)C. The molecule has 0 aliphatic heterocycles. The molecule has 0 rings (SSSR count). The highest BCUT2D eigenvalue weighted by molar-refractivity contribution is 7.53. The standard InChI is InChI=1S/C17H29O13P/c1-11(2)29-16(21)25-9-27-31(23,28-10-26-17(22)30-12(3)4)8-13(15(20)24-5)6-7-14(18)19/h11-13H,6-10H2,1-5H3,(H,18,19). The summed E-state index contributed by atoms with van der Waals surface area (Å²) >= 11 is 0. The van der Waals surface area contributed by atoms with Gasteiger partial charge in [-0.25, -0.2) is 9.59 Å². The molecule has 1 unspecified atom stereocenters. The van der Waals surface area contributed by atoms with Crippen LogP contribution in [0, 0.1) is 5.92 Å². The van der Waals surface area contributed by atoms with Crippen molar-refractivity contribution in [1.29, 1.82) is 0 Å². The Balaban J connectivity index is 5.16. The fourth-order valence-corrected chi connectivity index (χ4v) is 3.51. The number of aliphatic carboxylic acids is 1. The zero-order valence-electron chi connectivity index (χ0n) is 18.1. The van der Waals surface area contributed by atoms with Crippen molar-refractivity contribution in [2.75, 3.05) is 26.9 Å². The molecular formula is C17H29O13P. The first-order valence-corrected chi connectivity index (χ1v) is 11.0. The van der Waals surface area contributed by atoms with E-state index in [9.17, 15) is 23.7 Å². The zero-order chi connectivity index (χ0) is 24.0. The second kappa shape index (κ2) is 14.6. The molecule has 0 heterocycles. The van der Waals surface area contributed by atoms with Crippen LogP contribution in [0.4, 0.5) is 9.59 Å². The summed E-state index contributed by atoms with van der Waals surface area (Å²) in [7, 11) is -3.17. The van der Waals surface area contributed by atoms with Crippen molar-refractivity contribution in [3.63, 3.8) is 0 Å². The number of rotatable bonds is 14. The van der Waals surface area contributed by atoms with E-state index in [1.165, 1.54) is 0 Å². The van der Waals surface area contributed by atoms with Gasteiger partial charge in [0.05, 0.1) is 31.4 Å². The molecule has 14 heteroatoms. The Kier molecular flexibility index (Phi) is 13.5. The van der Waals surface area contributed by atoms with Gasteiger partial charge < -0.3 is 28.8 Å². The molecule has 0 saturated heterocycles. The highest BCUT2D eigenvalue weighted by atomic mass is 31.2. The quantitative estimate of drug-likeness (QED) is 0.169. The molecule has 0 fully saturated rings. The molecule has 180 valence electrons. The largest absolute Gasteiger partial charge is 0.510 e. The van der Waals surface area contributed by atoms with Gasteiger partial charge in [0, 0.05) is 6.42 Å². The van der Waals surface area contributed by atoms with Crippen LogP contribution < -0.4 is 0 Å². The van der Waals surface area contributed by atoms with Crippen molar-refractivity contribution in [1.82, 2.24) is 0 Å². The molecule has 31 heavy (non-hydrogen) atoms. The lowest BCUT2D eigenvalue weighted by atomic mass is 10.1. The summed E-state index contributed by atoms with van der Waals surface area (Å²) in [6.07, 6.45) is -4.44. The Labute approximate surface area is 179 Å². The fourth-order valence-electron chi connectivity index (χ4n) is 1.92. The molecular weight excluding hydrogens is 443 g/mol. The number of carboxylic acid groups (broad SMARTS) is 1. The third-order valence-corrected chi connectivity index (χ3v) is 5.09. The second-order valence-electron chi connectivity index (χ2n) is 6.56. The number of methoxy groups -OCH3 is 1. The minimum Gasteiger partial charge on any atom is -0.481 e. The monoisotopic (exact) mass is 472 g/mol. The maximum absolute atomic E-state index is 13.0. The van der Waals surface area contributed by atoms with Crippen LogP contribution in [-0.2, 0) is 46.9 Å². The third kappa shape index (κ3) is 14.3. The van der Waals surface area contributed by atoms with E-state index in [0.717, 1.165) is 7.11 Å². The van der Waals surface area contributed by atoms with Crippen molar-refractivity contribution in [3.05, 3.63) is 0 Å². The molecule has 0 aromatic carbocycles. The van der Waals surface area contributed by atoms with Crippen LogP contribution >= 0.6 is 7.60 Å². The molecule has 1 N–H and O–H groups in total. The van der Waals surface area contributed by atoms with Gasteiger partial charge in [-0.1, -0.05) is 0 Å². The highest BCUT2D eigenvalue weighted by Gasteiger charge is 2.35. The zero-order valence-corrected chi connectivity index (χ0v) is 19.0. The smallest absolute Gasteiger partial charge is 0.481 e. The Morgan fingerprint density at radius 3 is 1.68 bits per heavy atom. The lowest BCUT2D eigenvalue weighted by molar-refractivity contribution is -0.145. The average molecular weight is 472 g/mol. The van der Waals surface area contributed by atoms with E-state index >= 15 is 0 Å². The van der Waals surface area contributed by atoms with Gasteiger partial charge in [0.1, 0.15) is 0 Å². The van der Waals surface area contributed by atoms with Gasteiger partial charge in [-0.3, -0.25) is 23.2 Å². The maximum atomic E-state index is 13.0. The molecule has 0 amide bonds. The highest BCUT2D eigenvalue weighted by Crippen LogP contribution is 2.50. The van der Waals surface area contributed by atoms with E-state index in [0.29, 0.717) is 0 Å².